The van der Waals surface area contributed by atoms with Crippen LogP contribution in [0.1, 0.15) is 26.2 Å². The third kappa shape index (κ3) is 6.60. The smallest absolute Gasteiger partial charge is 0.151 e. The van der Waals surface area contributed by atoms with E-state index in [1.165, 1.54) is 12.8 Å². The van der Waals surface area contributed by atoms with Crippen LogP contribution in [0.3, 0.4) is 0 Å². The van der Waals surface area contributed by atoms with Gasteiger partial charge in [-0.05, 0) is 39.4 Å². The molecular formula is C11H25ClN2O2S. The Morgan fingerprint density at radius 1 is 1.29 bits per heavy atom. The molecule has 0 aliphatic carbocycles. The second-order valence-electron chi connectivity index (χ2n) is 4.55. The van der Waals surface area contributed by atoms with E-state index in [4.69, 9.17) is 0 Å². The van der Waals surface area contributed by atoms with Crippen LogP contribution in [-0.4, -0.2) is 57.5 Å². The number of nitrogens with zero attached hydrogens (tertiary/aromatic N) is 1. The molecule has 0 aromatic carbocycles. The summed E-state index contributed by atoms with van der Waals surface area (Å²) in [6.07, 6.45) is 3.49. The second kappa shape index (κ2) is 8.29. The normalized spacial score (nSPS) is 21.9. The summed E-state index contributed by atoms with van der Waals surface area (Å²) in [5.41, 5.74) is 0. The molecule has 0 bridgehead atoms. The zero-order valence-electron chi connectivity index (χ0n) is 10.8. The van der Waals surface area contributed by atoms with Crippen molar-refractivity contribution in [2.45, 2.75) is 32.2 Å². The summed E-state index contributed by atoms with van der Waals surface area (Å²) in [4.78, 5) is 2.21. The number of hydrogen-bond donors (Lipinski definition) is 1. The molecule has 0 radical (unpaired) electrons. The zero-order chi connectivity index (χ0) is 12.0. The molecule has 0 amide bonds. The maximum Gasteiger partial charge on any atom is 0.151 e. The fourth-order valence-electron chi connectivity index (χ4n) is 2.05. The minimum absolute atomic E-state index is 0. The Hall–Kier alpha value is 0.160. The molecule has 1 N–H and O–H groups in total. The Balaban J connectivity index is 0.00000256. The Morgan fingerprint density at radius 2 is 2.00 bits per heavy atom. The van der Waals surface area contributed by atoms with Crippen molar-refractivity contribution >= 4 is 22.2 Å². The van der Waals surface area contributed by atoms with Crippen LogP contribution in [0.4, 0.5) is 0 Å². The summed E-state index contributed by atoms with van der Waals surface area (Å²) >= 11 is 0. The first-order valence-electron chi connectivity index (χ1n) is 6.16. The highest BCUT2D eigenvalue weighted by atomic mass is 35.5. The Morgan fingerprint density at radius 3 is 2.65 bits per heavy atom. The molecule has 1 fully saturated rings. The molecule has 1 atom stereocenters. The number of nitrogens with one attached hydrogen (secondary N) is 1. The van der Waals surface area contributed by atoms with Crippen LogP contribution in [0.2, 0.25) is 0 Å². The van der Waals surface area contributed by atoms with Crippen LogP contribution in [0.25, 0.3) is 0 Å². The maximum atomic E-state index is 11.4. The highest BCUT2D eigenvalue weighted by Gasteiger charge is 2.18. The molecule has 1 saturated heterocycles. The van der Waals surface area contributed by atoms with Gasteiger partial charge in [-0.2, -0.15) is 0 Å². The van der Waals surface area contributed by atoms with Crippen LogP contribution in [0.15, 0.2) is 0 Å². The van der Waals surface area contributed by atoms with Crippen LogP contribution < -0.4 is 5.32 Å². The lowest BCUT2D eigenvalue weighted by atomic mass is 10.1. The summed E-state index contributed by atoms with van der Waals surface area (Å²) in [6, 6.07) is 0.544. The molecule has 17 heavy (non-hydrogen) atoms. The molecule has 1 aliphatic rings. The fourth-order valence-corrected chi connectivity index (χ4v) is 2.91. The highest BCUT2D eigenvalue weighted by molar-refractivity contribution is 7.91. The van der Waals surface area contributed by atoms with Crippen molar-refractivity contribution in [1.82, 2.24) is 10.2 Å². The van der Waals surface area contributed by atoms with Crippen LogP contribution in [0, 0.1) is 0 Å². The molecule has 104 valence electrons. The van der Waals surface area contributed by atoms with Crippen LogP contribution in [-0.2, 0) is 9.84 Å². The highest BCUT2D eigenvalue weighted by Crippen LogP contribution is 2.11. The molecule has 0 saturated carbocycles. The molecular weight excluding hydrogens is 260 g/mol. The quantitative estimate of drug-likeness (QED) is 0.816. The molecule has 1 unspecified atom stereocenters. The van der Waals surface area contributed by atoms with Gasteiger partial charge < -0.3 is 10.2 Å². The van der Waals surface area contributed by atoms with Crippen molar-refractivity contribution in [1.29, 1.82) is 0 Å². The van der Waals surface area contributed by atoms with Crippen molar-refractivity contribution < 1.29 is 8.42 Å². The summed E-state index contributed by atoms with van der Waals surface area (Å²) < 4.78 is 22.8. The largest absolute Gasteiger partial charge is 0.317 e. The van der Waals surface area contributed by atoms with Crippen molar-refractivity contribution in [2.24, 2.45) is 0 Å². The number of sulfone groups is 1. The minimum Gasteiger partial charge on any atom is -0.317 e. The lowest BCUT2D eigenvalue weighted by Crippen LogP contribution is -2.36. The Bertz CT molecular complexity index is 288. The van der Waals surface area contributed by atoms with E-state index in [0.717, 1.165) is 19.5 Å². The average molecular weight is 285 g/mol. The van der Waals surface area contributed by atoms with E-state index in [9.17, 15) is 8.42 Å². The lowest BCUT2D eigenvalue weighted by molar-refractivity contribution is 0.236. The standard InChI is InChI=1S/C11H24N2O2S.ClH/c1-3-16(14,15)10-9-13(2)11-5-4-7-12-8-6-11;/h11-12H,3-10H2,1-2H3;1H. The number of hydrogen-bond acceptors (Lipinski definition) is 4. The van der Waals surface area contributed by atoms with Crippen molar-refractivity contribution in [2.75, 3.05) is 38.2 Å². The van der Waals surface area contributed by atoms with E-state index < -0.39 is 9.84 Å². The van der Waals surface area contributed by atoms with E-state index in [1.54, 1.807) is 6.92 Å². The topological polar surface area (TPSA) is 49.4 Å². The van der Waals surface area contributed by atoms with Crippen LogP contribution >= 0.6 is 12.4 Å². The second-order valence-corrected chi connectivity index (χ2v) is 7.02. The van der Waals surface area contributed by atoms with Gasteiger partial charge in [0.1, 0.15) is 0 Å². The van der Waals surface area contributed by atoms with E-state index in [2.05, 4.69) is 10.2 Å². The molecule has 4 nitrogen and oxygen atoms in total. The van der Waals surface area contributed by atoms with E-state index in [1.807, 2.05) is 7.05 Å². The van der Waals surface area contributed by atoms with Crippen molar-refractivity contribution in [3.63, 3.8) is 0 Å². The van der Waals surface area contributed by atoms with Gasteiger partial charge in [0.15, 0.2) is 9.84 Å². The maximum absolute atomic E-state index is 11.4. The molecule has 1 heterocycles. The SMILES string of the molecule is CCS(=O)(=O)CCN(C)C1CCCNCC1.Cl. The van der Waals surface area contributed by atoms with Gasteiger partial charge in [0.25, 0.3) is 0 Å². The first-order chi connectivity index (χ1) is 7.55. The lowest BCUT2D eigenvalue weighted by Gasteiger charge is -2.26. The zero-order valence-corrected chi connectivity index (χ0v) is 12.4. The molecule has 1 rings (SSSR count). The monoisotopic (exact) mass is 284 g/mol. The van der Waals surface area contributed by atoms with Gasteiger partial charge in [0, 0.05) is 18.3 Å². The Kier molecular flexibility index (Phi) is 8.37. The van der Waals surface area contributed by atoms with Crippen LogP contribution in [0.5, 0.6) is 0 Å². The minimum atomic E-state index is -2.82. The molecule has 0 aromatic rings. The van der Waals surface area contributed by atoms with E-state index in [0.29, 0.717) is 18.3 Å². The van der Waals surface area contributed by atoms with Gasteiger partial charge in [-0.1, -0.05) is 6.92 Å². The van der Waals surface area contributed by atoms with Gasteiger partial charge in [-0.15, -0.1) is 12.4 Å². The van der Waals surface area contributed by atoms with E-state index >= 15 is 0 Å². The number of rotatable bonds is 5. The van der Waals surface area contributed by atoms with E-state index in [-0.39, 0.29) is 18.2 Å². The third-order valence-corrected chi connectivity index (χ3v) is 5.05. The van der Waals surface area contributed by atoms with Gasteiger partial charge >= 0.3 is 0 Å². The first-order valence-corrected chi connectivity index (χ1v) is 7.98. The van der Waals surface area contributed by atoms with Gasteiger partial charge in [0.2, 0.25) is 0 Å². The summed E-state index contributed by atoms with van der Waals surface area (Å²) in [7, 11) is -0.777. The molecule has 0 spiro atoms. The van der Waals surface area contributed by atoms with Gasteiger partial charge in [0.05, 0.1) is 5.75 Å². The van der Waals surface area contributed by atoms with Gasteiger partial charge in [-0.25, -0.2) is 8.42 Å². The molecule has 0 aromatic heterocycles. The summed E-state index contributed by atoms with van der Waals surface area (Å²) in [6.45, 7) is 4.53. The third-order valence-electron chi connectivity index (χ3n) is 3.36. The average Bonchev–Trinajstić information content (AvgIpc) is 2.54. The first kappa shape index (κ1) is 17.2. The Labute approximate surface area is 111 Å². The predicted octanol–water partition coefficient (Wildman–Crippen LogP) is 0.917. The van der Waals surface area contributed by atoms with Gasteiger partial charge in [-0.3, -0.25) is 0 Å². The number of halogens is 1. The molecule has 1 aliphatic heterocycles. The molecule has 6 heteroatoms. The fraction of sp³-hybridized carbons (Fsp3) is 1.00. The van der Waals surface area contributed by atoms with Crippen molar-refractivity contribution in [3.8, 4) is 0 Å². The predicted molar refractivity (Wildman–Crippen MR) is 74.7 cm³/mol. The van der Waals surface area contributed by atoms with Crippen molar-refractivity contribution in [3.05, 3.63) is 0 Å². The summed E-state index contributed by atoms with van der Waals surface area (Å²) in [5.74, 6) is 0.553. The summed E-state index contributed by atoms with van der Waals surface area (Å²) in [5, 5.41) is 3.37.